The average molecular weight is 263 g/mol. The third-order valence-electron chi connectivity index (χ3n) is 2.11. The second-order valence-corrected chi connectivity index (χ2v) is 5.14. The van der Waals surface area contributed by atoms with Crippen molar-refractivity contribution < 1.29 is 4.79 Å². The first-order chi connectivity index (χ1) is 8.88. The molecule has 0 atom stereocenters. The number of guanidine groups is 1. The Labute approximate surface area is 113 Å². The molecule has 0 aromatic carbocycles. The molecule has 0 aliphatic rings. The first-order valence-corrected chi connectivity index (χ1v) is 6.15. The molecule has 19 heavy (non-hydrogen) atoms. The SMILES string of the molecule is CC(C)(C)NC(N)=NCCNC(=O)c1cccnc1. The number of nitrogens with zero attached hydrogens (tertiary/aromatic N) is 2. The molecule has 0 saturated carbocycles. The highest BCUT2D eigenvalue weighted by Crippen LogP contribution is 1.97. The van der Waals surface area contributed by atoms with Crippen molar-refractivity contribution in [2.24, 2.45) is 10.7 Å². The molecule has 0 radical (unpaired) electrons. The quantitative estimate of drug-likeness (QED) is 0.419. The van der Waals surface area contributed by atoms with E-state index in [1.54, 1.807) is 18.3 Å². The zero-order valence-electron chi connectivity index (χ0n) is 11.6. The maximum atomic E-state index is 11.7. The van der Waals surface area contributed by atoms with Crippen molar-refractivity contribution in [3.63, 3.8) is 0 Å². The first-order valence-electron chi connectivity index (χ1n) is 6.15. The van der Waals surface area contributed by atoms with Crippen LogP contribution in [0.15, 0.2) is 29.5 Å². The van der Waals surface area contributed by atoms with Gasteiger partial charge in [0.2, 0.25) is 0 Å². The molecule has 0 aliphatic carbocycles. The lowest BCUT2D eigenvalue weighted by atomic mass is 10.1. The van der Waals surface area contributed by atoms with Crippen LogP contribution in [0.3, 0.4) is 0 Å². The fourth-order valence-corrected chi connectivity index (χ4v) is 1.37. The largest absolute Gasteiger partial charge is 0.370 e. The monoisotopic (exact) mass is 263 g/mol. The van der Waals surface area contributed by atoms with Gasteiger partial charge in [0, 0.05) is 24.5 Å². The zero-order chi connectivity index (χ0) is 14.3. The number of nitrogens with two attached hydrogens (primary N) is 1. The average Bonchev–Trinajstić information content (AvgIpc) is 2.33. The normalized spacial score (nSPS) is 12.1. The molecule has 1 rings (SSSR count). The first kappa shape index (κ1) is 14.9. The molecular weight excluding hydrogens is 242 g/mol. The van der Waals surface area contributed by atoms with Crippen molar-refractivity contribution in [3.8, 4) is 0 Å². The van der Waals surface area contributed by atoms with Crippen LogP contribution in [-0.4, -0.2) is 35.5 Å². The van der Waals surface area contributed by atoms with Crippen LogP contribution in [0.5, 0.6) is 0 Å². The summed E-state index contributed by atoms with van der Waals surface area (Å²) >= 11 is 0. The van der Waals surface area contributed by atoms with E-state index in [1.165, 1.54) is 6.20 Å². The highest BCUT2D eigenvalue weighted by atomic mass is 16.1. The number of aliphatic imine (C=N–C) groups is 1. The van der Waals surface area contributed by atoms with E-state index in [2.05, 4.69) is 20.6 Å². The number of carbonyl (C=O) groups excluding carboxylic acids is 1. The molecule has 1 amide bonds. The Balaban J connectivity index is 2.31. The summed E-state index contributed by atoms with van der Waals surface area (Å²) < 4.78 is 0. The van der Waals surface area contributed by atoms with Crippen molar-refractivity contribution in [1.82, 2.24) is 15.6 Å². The van der Waals surface area contributed by atoms with Gasteiger partial charge in [-0.25, -0.2) is 0 Å². The maximum Gasteiger partial charge on any atom is 0.252 e. The third-order valence-corrected chi connectivity index (χ3v) is 2.11. The van der Waals surface area contributed by atoms with Crippen LogP contribution < -0.4 is 16.4 Å². The van der Waals surface area contributed by atoms with E-state index in [0.717, 1.165) is 0 Å². The van der Waals surface area contributed by atoms with Crippen LogP contribution >= 0.6 is 0 Å². The van der Waals surface area contributed by atoms with Gasteiger partial charge in [0.05, 0.1) is 12.1 Å². The van der Waals surface area contributed by atoms with Gasteiger partial charge >= 0.3 is 0 Å². The Bertz CT molecular complexity index is 436. The van der Waals surface area contributed by atoms with E-state index in [0.29, 0.717) is 24.6 Å². The zero-order valence-corrected chi connectivity index (χ0v) is 11.6. The molecule has 6 nitrogen and oxygen atoms in total. The molecule has 0 fully saturated rings. The van der Waals surface area contributed by atoms with Crippen LogP contribution in [0, 0.1) is 0 Å². The summed E-state index contributed by atoms with van der Waals surface area (Å²) in [5, 5.41) is 5.79. The molecule has 0 spiro atoms. The van der Waals surface area contributed by atoms with Gasteiger partial charge in [-0.3, -0.25) is 14.8 Å². The van der Waals surface area contributed by atoms with Crippen molar-refractivity contribution in [2.45, 2.75) is 26.3 Å². The Morgan fingerprint density at radius 3 is 2.79 bits per heavy atom. The van der Waals surface area contributed by atoms with Crippen molar-refractivity contribution >= 4 is 11.9 Å². The van der Waals surface area contributed by atoms with Gasteiger partial charge in [0.25, 0.3) is 5.91 Å². The highest BCUT2D eigenvalue weighted by Gasteiger charge is 2.09. The number of carbonyl (C=O) groups is 1. The Kier molecular flexibility index (Phi) is 5.29. The van der Waals surface area contributed by atoms with Gasteiger partial charge in [-0.2, -0.15) is 0 Å². The number of rotatable bonds is 4. The predicted octanol–water partition coefficient (Wildman–Crippen LogP) is 0.514. The lowest BCUT2D eigenvalue weighted by Crippen LogP contribution is -2.45. The molecule has 4 N–H and O–H groups in total. The van der Waals surface area contributed by atoms with Crippen LogP contribution in [0.25, 0.3) is 0 Å². The van der Waals surface area contributed by atoms with E-state index in [1.807, 2.05) is 20.8 Å². The van der Waals surface area contributed by atoms with Gasteiger partial charge in [-0.15, -0.1) is 0 Å². The molecule has 1 heterocycles. The molecule has 0 unspecified atom stereocenters. The predicted molar refractivity (Wildman–Crippen MR) is 75.9 cm³/mol. The molecule has 6 heteroatoms. The number of aromatic nitrogens is 1. The number of amides is 1. The van der Waals surface area contributed by atoms with Gasteiger partial charge in [0.15, 0.2) is 5.96 Å². The summed E-state index contributed by atoms with van der Waals surface area (Å²) in [7, 11) is 0. The fourth-order valence-electron chi connectivity index (χ4n) is 1.37. The number of pyridine rings is 1. The maximum absolute atomic E-state index is 11.7. The van der Waals surface area contributed by atoms with Crippen LogP contribution in [0.4, 0.5) is 0 Å². The van der Waals surface area contributed by atoms with Gasteiger partial charge < -0.3 is 16.4 Å². The fraction of sp³-hybridized carbons (Fsp3) is 0.462. The summed E-state index contributed by atoms with van der Waals surface area (Å²) in [6.07, 6.45) is 3.15. The Morgan fingerprint density at radius 2 is 2.21 bits per heavy atom. The molecule has 0 bridgehead atoms. The summed E-state index contributed by atoms with van der Waals surface area (Å²) in [5.41, 5.74) is 6.12. The second-order valence-electron chi connectivity index (χ2n) is 5.14. The highest BCUT2D eigenvalue weighted by molar-refractivity contribution is 5.93. The molecule has 0 saturated heterocycles. The van der Waals surface area contributed by atoms with E-state index in [9.17, 15) is 4.79 Å². The minimum atomic E-state index is -0.161. The van der Waals surface area contributed by atoms with Crippen molar-refractivity contribution in [1.29, 1.82) is 0 Å². The lowest BCUT2D eigenvalue weighted by molar-refractivity contribution is 0.0954. The second kappa shape index (κ2) is 6.72. The standard InChI is InChI=1S/C13H21N5O/c1-13(2,3)18-12(14)17-8-7-16-11(19)10-5-4-6-15-9-10/h4-6,9H,7-8H2,1-3H3,(H,16,19)(H3,14,17,18). The number of hydrogen-bond acceptors (Lipinski definition) is 3. The van der Waals surface area contributed by atoms with E-state index >= 15 is 0 Å². The van der Waals surface area contributed by atoms with E-state index in [-0.39, 0.29) is 11.4 Å². The number of hydrogen-bond donors (Lipinski definition) is 3. The van der Waals surface area contributed by atoms with Crippen LogP contribution in [0.1, 0.15) is 31.1 Å². The molecule has 0 aliphatic heterocycles. The minimum absolute atomic E-state index is 0.119. The van der Waals surface area contributed by atoms with Gasteiger partial charge in [-0.05, 0) is 32.9 Å². The summed E-state index contributed by atoms with van der Waals surface area (Å²) in [4.78, 5) is 19.7. The minimum Gasteiger partial charge on any atom is -0.370 e. The summed E-state index contributed by atoms with van der Waals surface area (Å²) in [5.74, 6) is 0.216. The van der Waals surface area contributed by atoms with Crippen LogP contribution in [-0.2, 0) is 0 Å². The topological polar surface area (TPSA) is 92.4 Å². The number of nitrogens with one attached hydrogen (secondary N) is 2. The molecule has 1 aromatic heterocycles. The van der Waals surface area contributed by atoms with E-state index in [4.69, 9.17) is 5.73 Å². The van der Waals surface area contributed by atoms with Crippen LogP contribution in [0.2, 0.25) is 0 Å². The van der Waals surface area contributed by atoms with Crippen molar-refractivity contribution in [3.05, 3.63) is 30.1 Å². The van der Waals surface area contributed by atoms with Gasteiger partial charge in [-0.1, -0.05) is 0 Å². The lowest BCUT2D eigenvalue weighted by Gasteiger charge is -2.20. The third kappa shape index (κ3) is 6.40. The van der Waals surface area contributed by atoms with E-state index < -0.39 is 0 Å². The summed E-state index contributed by atoms with van der Waals surface area (Å²) in [6.45, 7) is 6.86. The van der Waals surface area contributed by atoms with Gasteiger partial charge in [0.1, 0.15) is 0 Å². The Hall–Kier alpha value is -2.11. The van der Waals surface area contributed by atoms with Crippen molar-refractivity contribution in [2.75, 3.05) is 13.1 Å². The Morgan fingerprint density at radius 1 is 1.47 bits per heavy atom. The molecule has 104 valence electrons. The molecule has 1 aromatic rings. The molecular formula is C13H21N5O. The summed E-state index contributed by atoms with van der Waals surface area (Å²) in [6, 6.07) is 3.43. The smallest absolute Gasteiger partial charge is 0.252 e.